The number of aliphatic hydroxyl groups excluding tert-OH is 3. The molecule has 0 amide bonds. The van der Waals surface area contributed by atoms with E-state index >= 15 is 0 Å². The van der Waals surface area contributed by atoms with E-state index < -0.39 is 36.9 Å². The van der Waals surface area contributed by atoms with Crippen molar-refractivity contribution < 1.29 is 43.8 Å². The molecule has 1 unspecified atom stereocenters. The highest BCUT2D eigenvalue weighted by Gasteiger charge is 2.45. The predicted molar refractivity (Wildman–Crippen MR) is 120 cm³/mol. The van der Waals surface area contributed by atoms with Crippen LogP contribution in [0.2, 0.25) is 0 Å². The van der Waals surface area contributed by atoms with E-state index in [2.05, 4.69) is 11.3 Å². The van der Waals surface area contributed by atoms with Crippen molar-refractivity contribution in [2.24, 2.45) is 0 Å². The molecular weight excluding hydrogens is 432 g/mol. The van der Waals surface area contributed by atoms with E-state index in [1.807, 2.05) is 31.2 Å². The van der Waals surface area contributed by atoms with Crippen LogP contribution in [-0.4, -0.2) is 78.6 Å². The van der Waals surface area contributed by atoms with Crippen molar-refractivity contribution in [3.63, 3.8) is 0 Å². The van der Waals surface area contributed by atoms with Crippen molar-refractivity contribution in [3.8, 4) is 5.75 Å². The van der Waals surface area contributed by atoms with E-state index in [0.29, 0.717) is 12.2 Å². The Morgan fingerprint density at radius 1 is 1.15 bits per heavy atom. The minimum atomic E-state index is -1.57. The molecule has 0 spiro atoms. The molecular formula is C24H34O9. The highest BCUT2D eigenvalue weighted by atomic mass is 16.7. The van der Waals surface area contributed by atoms with Crippen LogP contribution in [0.1, 0.15) is 25.8 Å². The van der Waals surface area contributed by atoms with Gasteiger partial charge in [-0.3, -0.25) is 0 Å². The van der Waals surface area contributed by atoms with E-state index in [1.165, 1.54) is 0 Å². The third-order valence-corrected chi connectivity index (χ3v) is 5.18. The molecule has 1 aromatic carbocycles. The molecule has 0 bridgehead atoms. The lowest BCUT2D eigenvalue weighted by Crippen LogP contribution is -2.60. The Hall–Kier alpha value is -2.43. The fourth-order valence-corrected chi connectivity index (χ4v) is 3.28. The Bertz CT molecular complexity index is 790. The number of para-hydroxylation sites is 1. The molecule has 0 aromatic heterocycles. The summed E-state index contributed by atoms with van der Waals surface area (Å²) in [7, 11) is 1.65. The van der Waals surface area contributed by atoms with Crippen molar-refractivity contribution in [2.75, 3.05) is 20.3 Å². The highest BCUT2D eigenvalue weighted by molar-refractivity contribution is 5.59. The summed E-state index contributed by atoms with van der Waals surface area (Å²) in [5.41, 5.74) is 1.61. The van der Waals surface area contributed by atoms with Gasteiger partial charge in [-0.05, 0) is 25.0 Å². The summed E-state index contributed by atoms with van der Waals surface area (Å²) in [6.07, 6.45) is -2.79. The van der Waals surface area contributed by atoms with E-state index in [1.54, 1.807) is 26.2 Å². The van der Waals surface area contributed by atoms with Crippen LogP contribution in [-0.2, 0) is 25.4 Å². The van der Waals surface area contributed by atoms with Gasteiger partial charge in [-0.2, -0.15) is 0 Å². The minimum absolute atomic E-state index is 0.000653. The van der Waals surface area contributed by atoms with Crippen molar-refractivity contribution in [2.45, 2.75) is 63.5 Å². The van der Waals surface area contributed by atoms with Gasteiger partial charge < -0.3 is 39.0 Å². The van der Waals surface area contributed by atoms with Crippen LogP contribution in [0.25, 0.3) is 0 Å². The summed E-state index contributed by atoms with van der Waals surface area (Å²) in [5, 5.41) is 30.8. The molecule has 6 atom stereocenters. The monoisotopic (exact) mass is 466 g/mol. The fourth-order valence-electron chi connectivity index (χ4n) is 3.28. The van der Waals surface area contributed by atoms with Crippen LogP contribution >= 0.6 is 0 Å². The SMILES string of the molecule is C=C(/C=C\C(CC)OC)Cc1ccccc1O[C@@H]1O[C@H](COC(=O)OCC)[C@@H](O)[C@H](O)[C@H]1O. The first-order valence-corrected chi connectivity index (χ1v) is 10.9. The number of ether oxygens (including phenoxy) is 5. The number of hydrogen-bond acceptors (Lipinski definition) is 9. The molecule has 0 aliphatic carbocycles. The summed E-state index contributed by atoms with van der Waals surface area (Å²) in [4.78, 5) is 11.4. The molecule has 1 aliphatic rings. The summed E-state index contributed by atoms with van der Waals surface area (Å²) >= 11 is 0. The number of methoxy groups -OCH3 is 1. The second-order valence-electron chi connectivity index (χ2n) is 7.61. The number of benzene rings is 1. The lowest BCUT2D eigenvalue weighted by Gasteiger charge is -2.40. The maximum absolute atomic E-state index is 11.4. The summed E-state index contributed by atoms with van der Waals surface area (Å²) < 4.78 is 26.4. The first kappa shape index (κ1) is 26.8. The van der Waals surface area contributed by atoms with Crippen LogP contribution in [0, 0.1) is 0 Å². The summed E-state index contributed by atoms with van der Waals surface area (Å²) in [6, 6.07) is 7.16. The molecule has 1 aliphatic heterocycles. The smallest absolute Gasteiger partial charge is 0.462 e. The summed E-state index contributed by atoms with van der Waals surface area (Å²) in [6.45, 7) is 7.46. The van der Waals surface area contributed by atoms with Crippen molar-refractivity contribution >= 4 is 6.16 Å². The zero-order chi connectivity index (χ0) is 24.4. The van der Waals surface area contributed by atoms with Gasteiger partial charge in [-0.15, -0.1) is 0 Å². The van der Waals surface area contributed by atoms with E-state index in [4.69, 9.17) is 18.9 Å². The van der Waals surface area contributed by atoms with E-state index in [-0.39, 0.29) is 19.3 Å². The Morgan fingerprint density at radius 3 is 2.55 bits per heavy atom. The quantitative estimate of drug-likeness (QED) is 0.332. The first-order valence-electron chi connectivity index (χ1n) is 10.9. The second-order valence-corrected chi connectivity index (χ2v) is 7.61. The molecule has 1 heterocycles. The zero-order valence-electron chi connectivity index (χ0n) is 19.3. The molecule has 33 heavy (non-hydrogen) atoms. The van der Waals surface area contributed by atoms with Crippen LogP contribution in [0.3, 0.4) is 0 Å². The molecule has 184 valence electrons. The largest absolute Gasteiger partial charge is 0.508 e. The van der Waals surface area contributed by atoms with Gasteiger partial charge in [0.2, 0.25) is 6.29 Å². The van der Waals surface area contributed by atoms with Crippen molar-refractivity contribution in [1.29, 1.82) is 0 Å². The standard InChI is InChI=1S/C24H34O9/c1-5-17(29-4)12-11-15(3)13-16-9-7-8-10-18(16)32-23-22(27)21(26)20(25)19(33-23)14-31-24(28)30-6-2/h7-12,17,19-23,25-27H,3,5-6,13-14H2,1-2,4H3/b12-11-/t17?,19-,20-,21+,22-,23-/m1/s1. The lowest BCUT2D eigenvalue weighted by molar-refractivity contribution is -0.278. The van der Waals surface area contributed by atoms with E-state index in [9.17, 15) is 20.1 Å². The average Bonchev–Trinajstić information content (AvgIpc) is 2.80. The average molecular weight is 467 g/mol. The van der Waals surface area contributed by atoms with Crippen molar-refractivity contribution in [1.82, 2.24) is 0 Å². The number of aliphatic hydroxyl groups is 3. The third-order valence-electron chi connectivity index (χ3n) is 5.18. The highest BCUT2D eigenvalue weighted by Crippen LogP contribution is 2.28. The molecule has 3 N–H and O–H groups in total. The molecule has 1 fully saturated rings. The van der Waals surface area contributed by atoms with Gasteiger partial charge in [0, 0.05) is 13.5 Å². The minimum Gasteiger partial charge on any atom is -0.462 e. The normalized spacial score (nSPS) is 26.1. The van der Waals surface area contributed by atoms with Crippen LogP contribution in [0.15, 0.2) is 48.6 Å². The first-order chi connectivity index (χ1) is 15.8. The molecule has 0 saturated carbocycles. The molecule has 9 heteroatoms. The number of carbonyl (C=O) groups is 1. The molecule has 1 aromatic rings. The van der Waals surface area contributed by atoms with Gasteiger partial charge >= 0.3 is 6.16 Å². The molecule has 9 nitrogen and oxygen atoms in total. The Morgan fingerprint density at radius 2 is 1.88 bits per heavy atom. The molecule has 2 rings (SSSR count). The van der Waals surface area contributed by atoms with Gasteiger partial charge in [0.05, 0.1) is 12.7 Å². The molecule has 0 radical (unpaired) electrons. The lowest BCUT2D eigenvalue weighted by atomic mass is 9.99. The van der Waals surface area contributed by atoms with Crippen molar-refractivity contribution in [3.05, 3.63) is 54.1 Å². The molecule has 1 saturated heterocycles. The van der Waals surface area contributed by atoms with Gasteiger partial charge in [0.1, 0.15) is 36.8 Å². The number of carbonyl (C=O) groups excluding carboxylic acids is 1. The fraction of sp³-hybridized carbons (Fsp3) is 0.542. The van der Waals surface area contributed by atoms with Gasteiger partial charge in [-0.1, -0.05) is 49.4 Å². The van der Waals surface area contributed by atoms with Gasteiger partial charge in [0.15, 0.2) is 0 Å². The Labute approximate surface area is 194 Å². The Kier molecular flexibility index (Phi) is 10.8. The van der Waals surface area contributed by atoms with Crippen LogP contribution in [0.5, 0.6) is 5.75 Å². The van der Waals surface area contributed by atoms with Crippen LogP contribution in [0.4, 0.5) is 4.79 Å². The second kappa shape index (κ2) is 13.3. The predicted octanol–water partition coefficient (Wildman–Crippen LogP) is 2.13. The third kappa shape index (κ3) is 7.83. The number of allylic oxidation sites excluding steroid dienone is 2. The maximum Gasteiger partial charge on any atom is 0.508 e. The van der Waals surface area contributed by atoms with Crippen LogP contribution < -0.4 is 4.74 Å². The maximum atomic E-state index is 11.4. The number of rotatable bonds is 11. The van der Waals surface area contributed by atoms with E-state index in [0.717, 1.165) is 17.6 Å². The van der Waals surface area contributed by atoms with Gasteiger partial charge in [-0.25, -0.2) is 4.79 Å². The zero-order valence-corrected chi connectivity index (χ0v) is 19.3. The number of hydrogen-bond donors (Lipinski definition) is 3. The topological polar surface area (TPSA) is 124 Å². The summed E-state index contributed by atoms with van der Waals surface area (Å²) in [5.74, 6) is 0.420. The Balaban J connectivity index is 2.09. The van der Waals surface area contributed by atoms with Gasteiger partial charge in [0.25, 0.3) is 0 Å².